The van der Waals surface area contributed by atoms with Crippen LogP contribution >= 0.6 is 15.9 Å². The molecule has 0 spiro atoms. The maximum Gasteiger partial charge on any atom is 0.159 e. The summed E-state index contributed by atoms with van der Waals surface area (Å²) in [6, 6.07) is 13.1. The molecule has 1 aromatic carbocycles. The zero-order valence-electron chi connectivity index (χ0n) is 19.9. The fraction of sp³-hybridized carbons (Fsp3) is 0.385. The fourth-order valence-electron chi connectivity index (χ4n) is 5.08. The minimum atomic E-state index is 0.417. The topological polar surface area (TPSA) is 76.5 Å². The van der Waals surface area contributed by atoms with E-state index in [0.717, 1.165) is 90.7 Å². The Bertz CT molecular complexity index is 1280. The molecule has 0 amide bonds. The molecule has 0 radical (unpaired) electrons. The van der Waals surface area contributed by atoms with Gasteiger partial charge in [-0.2, -0.15) is 0 Å². The number of fused-ring (bicyclic) bond motifs is 1. The minimum Gasteiger partial charge on any atom is -0.468 e. The Kier molecular flexibility index (Phi) is 6.22. The monoisotopic (exact) mass is 535 g/mol. The number of hydrogen-bond donors (Lipinski definition) is 2. The average molecular weight is 536 g/mol. The highest BCUT2D eigenvalue weighted by Crippen LogP contribution is 2.32. The maximum absolute atomic E-state index is 5.50. The van der Waals surface area contributed by atoms with E-state index in [1.807, 2.05) is 18.3 Å². The molecule has 2 aliphatic heterocycles. The number of rotatable bonds is 6. The summed E-state index contributed by atoms with van der Waals surface area (Å²) in [5.41, 5.74) is 5.00. The summed E-state index contributed by atoms with van der Waals surface area (Å²) in [6.45, 7) is 7.09. The molecule has 182 valence electrons. The van der Waals surface area contributed by atoms with Gasteiger partial charge in [-0.1, -0.05) is 0 Å². The van der Waals surface area contributed by atoms with Crippen LogP contribution in [0.15, 0.2) is 57.7 Å². The molecule has 35 heavy (non-hydrogen) atoms. The zero-order chi connectivity index (χ0) is 23.8. The third-order valence-electron chi connectivity index (χ3n) is 7.04. The number of nitrogens with zero attached hydrogens (tertiary/aromatic N) is 5. The van der Waals surface area contributed by atoms with Gasteiger partial charge in [-0.25, -0.2) is 9.97 Å². The summed E-state index contributed by atoms with van der Waals surface area (Å²) in [4.78, 5) is 20.2. The number of likely N-dealkylation sites (tertiary alicyclic amines) is 1. The summed E-state index contributed by atoms with van der Waals surface area (Å²) in [7, 11) is 2.16. The number of aromatic nitrogens is 3. The molecule has 9 heteroatoms. The van der Waals surface area contributed by atoms with Crippen molar-refractivity contribution in [3.05, 3.63) is 59.1 Å². The van der Waals surface area contributed by atoms with E-state index in [9.17, 15) is 0 Å². The number of piperazine rings is 1. The number of aromatic amines is 1. The first-order valence-electron chi connectivity index (χ1n) is 12.2. The van der Waals surface area contributed by atoms with Gasteiger partial charge in [0.05, 0.1) is 23.0 Å². The van der Waals surface area contributed by atoms with Crippen LogP contribution in [0.3, 0.4) is 0 Å². The third-order valence-corrected chi connectivity index (χ3v) is 7.65. The summed E-state index contributed by atoms with van der Waals surface area (Å²) in [6.07, 6.45) is 4.72. The molecule has 2 saturated heterocycles. The van der Waals surface area contributed by atoms with E-state index in [0.29, 0.717) is 6.04 Å². The van der Waals surface area contributed by atoms with Gasteiger partial charge in [0.1, 0.15) is 17.1 Å². The highest BCUT2D eigenvalue weighted by Gasteiger charge is 2.23. The first-order chi connectivity index (χ1) is 17.1. The molecule has 5 heterocycles. The van der Waals surface area contributed by atoms with Crippen LogP contribution in [0.25, 0.3) is 22.6 Å². The van der Waals surface area contributed by atoms with Crippen molar-refractivity contribution < 1.29 is 4.42 Å². The van der Waals surface area contributed by atoms with E-state index in [1.54, 1.807) is 6.26 Å². The summed E-state index contributed by atoms with van der Waals surface area (Å²) >= 11 is 3.67. The Morgan fingerprint density at radius 1 is 1.11 bits per heavy atom. The fourth-order valence-corrected chi connectivity index (χ4v) is 5.48. The molecule has 2 N–H and O–H groups in total. The lowest BCUT2D eigenvalue weighted by molar-refractivity contribution is 0.230. The first kappa shape index (κ1) is 22.6. The van der Waals surface area contributed by atoms with Crippen LogP contribution in [0.1, 0.15) is 12.2 Å². The van der Waals surface area contributed by atoms with E-state index in [1.165, 1.54) is 5.69 Å². The Morgan fingerprint density at radius 3 is 2.66 bits per heavy atom. The van der Waals surface area contributed by atoms with Crippen molar-refractivity contribution >= 4 is 38.5 Å². The second-order valence-corrected chi connectivity index (χ2v) is 10.4. The van der Waals surface area contributed by atoms with Gasteiger partial charge in [0, 0.05) is 56.2 Å². The van der Waals surface area contributed by atoms with Crippen LogP contribution in [0.2, 0.25) is 0 Å². The molecule has 0 saturated carbocycles. The number of nitrogens with one attached hydrogen (secondary N) is 2. The lowest BCUT2D eigenvalue weighted by Crippen LogP contribution is -2.45. The highest BCUT2D eigenvalue weighted by atomic mass is 79.9. The molecule has 1 atom stereocenters. The second-order valence-electron chi connectivity index (χ2n) is 9.55. The van der Waals surface area contributed by atoms with Gasteiger partial charge >= 0.3 is 0 Å². The first-order valence-corrected chi connectivity index (χ1v) is 13.0. The van der Waals surface area contributed by atoms with Crippen LogP contribution in [-0.4, -0.2) is 77.1 Å². The predicted molar refractivity (Wildman–Crippen MR) is 143 cm³/mol. The van der Waals surface area contributed by atoms with Crippen LogP contribution in [0.4, 0.5) is 11.4 Å². The van der Waals surface area contributed by atoms with E-state index in [2.05, 4.69) is 77.2 Å². The van der Waals surface area contributed by atoms with Gasteiger partial charge < -0.3 is 24.5 Å². The second kappa shape index (κ2) is 9.64. The maximum atomic E-state index is 5.50. The Morgan fingerprint density at radius 2 is 1.94 bits per heavy atom. The third kappa shape index (κ3) is 4.80. The van der Waals surface area contributed by atoms with Crippen molar-refractivity contribution in [1.82, 2.24) is 24.8 Å². The SMILES string of the molecule is CN1CCC(Nc2c(Br)cnc3[nH]c(-c4ccc(N5CCN(Cc6ccco6)CC5)cc4)nc23)C1. The normalized spacial score (nSPS) is 19.6. The van der Waals surface area contributed by atoms with Gasteiger partial charge in [-0.15, -0.1) is 0 Å². The van der Waals surface area contributed by atoms with E-state index < -0.39 is 0 Å². The Labute approximate surface area is 213 Å². The lowest BCUT2D eigenvalue weighted by Gasteiger charge is -2.35. The number of H-pyrrole nitrogens is 1. The molecule has 3 aromatic heterocycles. The van der Waals surface area contributed by atoms with Crippen LogP contribution < -0.4 is 10.2 Å². The van der Waals surface area contributed by atoms with Gasteiger partial charge in [-0.05, 0) is 72.3 Å². The Hall–Kier alpha value is -2.88. The van der Waals surface area contributed by atoms with E-state index in [-0.39, 0.29) is 0 Å². The molecule has 2 aliphatic rings. The number of furan rings is 1. The molecule has 0 aliphatic carbocycles. The van der Waals surface area contributed by atoms with Crippen LogP contribution in [-0.2, 0) is 6.54 Å². The van der Waals surface area contributed by atoms with Gasteiger partial charge in [0.25, 0.3) is 0 Å². The molecular weight excluding hydrogens is 506 g/mol. The van der Waals surface area contributed by atoms with Gasteiger partial charge in [0.2, 0.25) is 0 Å². The quantitative estimate of drug-likeness (QED) is 0.378. The Balaban J connectivity index is 1.15. The number of hydrogen-bond acceptors (Lipinski definition) is 7. The minimum absolute atomic E-state index is 0.417. The van der Waals surface area contributed by atoms with Crippen molar-refractivity contribution in [3.63, 3.8) is 0 Å². The predicted octanol–water partition coefficient (Wildman–Crippen LogP) is 4.42. The molecule has 0 bridgehead atoms. The van der Waals surface area contributed by atoms with Crippen molar-refractivity contribution in [3.8, 4) is 11.4 Å². The van der Waals surface area contributed by atoms with Crippen LogP contribution in [0, 0.1) is 0 Å². The lowest BCUT2D eigenvalue weighted by atomic mass is 10.1. The van der Waals surface area contributed by atoms with E-state index in [4.69, 9.17) is 9.40 Å². The smallest absolute Gasteiger partial charge is 0.159 e. The summed E-state index contributed by atoms with van der Waals surface area (Å²) in [5.74, 6) is 1.87. The molecule has 1 unspecified atom stereocenters. The summed E-state index contributed by atoms with van der Waals surface area (Å²) < 4.78 is 6.44. The average Bonchev–Trinajstić information content (AvgIpc) is 3.63. The molecule has 6 rings (SSSR count). The number of likely N-dealkylation sites (N-methyl/N-ethyl adjacent to an activating group) is 1. The zero-order valence-corrected chi connectivity index (χ0v) is 21.5. The van der Waals surface area contributed by atoms with Crippen molar-refractivity contribution in [2.75, 3.05) is 56.5 Å². The van der Waals surface area contributed by atoms with Crippen molar-refractivity contribution in [2.24, 2.45) is 0 Å². The molecular formula is C26H30BrN7O. The largest absolute Gasteiger partial charge is 0.468 e. The number of anilines is 2. The summed E-state index contributed by atoms with van der Waals surface area (Å²) in [5, 5.41) is 3.69. The van der Waals surface area contributed by atoms with Crippen molar-refractivity contribution in [2.45, 2.75) is 19.0 Å². The highest BCUT2D eigenvalue weighted by molar-refractivity contribution is 9.10. The molecule has 2 fully saturated rings. The number of benzene rings is 1. The molecule has 4 aromatic rings. The van der Waals surface area contributed by atoms with Crippen LogP contribution in [0.5, 0.6) is 0 Å². The number of pyridine rings is 1. The molecule has 8 nitrogen and oxygen atoms in total. The van der Waals surface area contributed by atoms with Crippen molar-refractivity contribution in [1.29, 1.82) is 0 Å². The standard InChI is InChI=1S/C26H30BrN7O/c1-32-9-8-19(16-32)29-23-22(27)15-28-26-24(23)30-25(31-26)18-4-6-20(7-5-18)34-12-10-33(11-13-34)17-21-3-2-14-35-21/h2-7,14-15,19H,8-13,16-17H2,1H3,(H2,28,29,30,31). The van der Waals surface area contributed by atoms with E-state index >= 15 is 0 Å². The van der Waals surface area contributed by atoms with Gasteiger partial charge in [0.15, 0.2) is 5.65 Å². The van der Waals surface area contributed by atoms with Gasteiger partial charge in [-0.3, -0.25) is 4.90 Å². The number of imidazole rings is 1. The number of halogens is 1.